The van der Waals surface area contributed by atoms with E-state index in [1.54, 1.807) is 12.1 Å². The molecular formula is C11H10BrFN2S. The maximum absolute atomic E-state index is 12.8. The fourth-order valence-electron chi connectivity index (χ4n) is 1.45. The van der Waals surface area contributed by atoms with E-state index < -0.39 is 0 Å². The molecule has 2 aromatic rings. The number of nitrogens with zero attached hydrogens (tertiary/aromatic N) is 2. The Bertz CT molecular complexity index is 493. The van der Waals surface area contributed by atoms with Crippen molar-refractivity contribution in [1.82, 2.24) is 9.36 Å². The molecule has 0 atom stereocenters. The molecule has 1 aromatic heterocycles. The first-order valence-electron chi connectivity index (χ1n) is 4.76. The quantitative estimate of drug-likeness (QED) is 0.844. The number of hydrogen-bond acceptors (Lipinski definition) is 3. The zero-order valence-electron chi connectivity index (χ0n) is 8.87. The summed E-state index contributed by atoms with van der Waals surface area (Å²) in [5, 5.41) is 0. The topological polar surface area (TPSA) is 25.8 Å². The summed E-state index contributed by atoms with van der Waals surface area (Å²) in [6.45, 7) is 4.05. The minimum Gasteiger partial charge on any atom is -0.212 e. The molecule has 84 valence electrons. The summed E-state index contributed by atoms with van der Waals surface area (Å²) in [6, 6.07) is 6.45. The van der Waals surface area contributed by atoms with Crippen LogP contribution in [0.2, 0.25) is 0 Å². The van der Waals surface area contributed by atoms with Crippen LogP contribution in [0.15, 0.2) is 28.2 Å². The van der Waals surface area contributed by atoms with Gasteiger partial charge < -0.3 is 0 Å². The van der Waals surface area contributed by atoms with Crippen LogP contribution in [0, 0.1) is 5.82 Å². The summed E-state index contributed by atoms with van der Waals surface area (Å²) in [5.41, 5.74) is 0.690. The Labute approximate surface area is 106 Å². The van der Waals surface area contributed by atoms with Crippen LogP contribution in [-0.2, 0) is 5.41 Å². The second kappa shape index (κ2) is 4.22. The highest BCUT2D eigenvalue weighted by atomic mass is 79.9. The van der Waals surface area contributed by atoms with Crippen molar-refractivity contribution in [2.45, 2.75) is 19.3 Å². The van der Waals surface area contributed by atoms with Crippen molar-refractivity contribution in [2.24, 2.45) is 0 Å². The van der Waals surface area contributed by atoms with E-state index >= 15 is 0 Å². The van der Waals surface area contributed by atoms with Gasteiger partial charge in [0.05, 0.1) is 5.41 Å². The third-order valence-corrected chi connectivity index (χ3v) is 3.64. The molecule has 0 saturated carbocycles. The zero-order chi connectivity index (χ0) is 11.8. The highest BCUT2D eigenvalue weighted by Crippen LogP contribution is 2.31. The maximum atomic E-state index is 12.8. The van der Waals surface area contributed by atoms with Crippen molar-refractivity contribution < 1.29 is 4.39 Å². The van der Waals surface area contributed by atoms with Crippen LogP contribution in [0.25, 0.3) is 0 Å². The molecule has 0 radical (unpaired) electrons. The average molecular weight is 301 g/mol. The third-order valence-electron chi connectivity index (χ3n) is 2.53. The van der Waals surface area contributed by atoms with Crippen LogP contribution in [0.4, 0.5) is 4.39 Å². The molecule has 1 aromatic carbocycles. The zero-order valence-corrected chi connectivity index (χ0v) is 11.3. The Morgan fingerprint density at radius 2 is 1.88 bits per heavy atom. The predicted molar refractivity (Wildman–Crippen MR) is 66.1 cm³/mol. The molecule has 5 heteroatoms. The first-order valence-corrected chi connectivity index (χ1v) is 6.32. The number of aromatic nitrogens is 2. The number of halogens is 2. The highest BCUT2D eigenvalue weighted by Gasteiger charge is 2.27. The standard InChI is InChI=1S/C11H10BrFN2S/c1-11(2,9-14-10(12)16-15-9)7-3-5-8(13)6-4-7/h3-6H,1-2H3. The molecule has 0 spiro atoms. The molecule has 0 bridgehead atoms. The first kappa shape index (κ1) is 11.7. The third kappa shape index (κ3) is 2.15. The van der Waals surface area contributed by atoms with Gasteiger partial charge in [-0.05, 0) is 59.0 Å². The molecule has 0 unspecified atom stereocenters. The van der Waals surface area contributed by atoms with Gasteiger partial charge in [0.15, 0.2) is 9.74 Å². The van der Waals surface area contributed by atoms with Gasteiger partial charge in [-0.25, -0.2) is 9.37 Å². The van der Waals surface area contributed by atoms with Crippen molar-refractivity contribution in [1.29, 1.82) is 0 Å². The fraction of sp³-hybridized carbons (Fsp3) is 0.273. The van der Waals surface area contributed by atoms with Crippen LogP contribution in [0.3, 0.4) is 0 Å². The Morgan fingerprint density at radius 1 is 1.25 bits per heavy atom. The molecule has 0 aliphatic heterocycles. The van der Waals surface area contributed by atoms with Crippen molar-refractivity contribution in [2.75, 3.05) is 0 Å². The minimum absolute atomic E-state index is 0.230. The van der Waals surface area contributed by atoms with Gasteiger partial charge in [-0.15, -0.1) is 0 Å². The molecule has 1 heterocycles. The van der Waals surface area contributed by atoms with Gasteiger partial charge in [0.25, 0.3) is 0 Å². The SMILES string of the molecule is CC(C)(c1ccc(F)cc1)c1nsc(Br)n1. The number of hydrogen-bond donors (Lipinski definition) is 0. The molecule has 2 nitrogen and oxygen atoms in total. The second-order valence-electron chi connectivity index (χ2n) is 4.00. The molecule has 2 rings (SSSR count). The molecule has 0 amide bonds. The lowest BCUT2D eigenvalue weighted by molar-refractivity contribution is 0.591. The first-order chi connectivity index (χ1) is 7.50. The smallest absolute Gasteiger partial charge is 0.179 e. The van der Waals surface area contributed by atoms with E-state index in [0.29, 0.717) is 0 Å². The average Bonchev–Trinajstić information content (AvgIpc) is 2.66. The normalized spacial score (nSPS) is 11.8. The number of benzene rings is 1. The molecule has 0 fully saturated rings. The Hall–Kier alpha value is -0.810. The van der Waals surface area contributed by atoms with Gasteiger partial charge in [0.2, 0.25) is 0 Å². The van der Waals surface area contributed by atoms with E-state index in [0.717, 1.165) is 15.3 Å². The predicted octanol–water partition coefficient (Wildman–Crippen LogP) is 3.77. The molecule has 0 aliphatic rings. The lowest BCUT2D eigenvalue weighted by Gasteiger charge is -2.21. The van der Waals surface area contributed by atoms with Crippen LogP contribution in [0.1, 0.15) is 25.2 Å². The maximum Gasteiger partial charge on any atom is 0.179 e. The van der Waals surface area contributed by atoms with E-state index in [2.05, 4.69) is 25.3 Å². The van der Waals surface area contributed by atoms with E-state index in [9.17, 15) is 4.39 Å². The summed E-state index contributed by atoms with van der Waals surface area (Å²) in [5.74, 6) is 0.517. The van der Waals surface area contributed by atoms with Gasteiger partial charge in [-0.1, -0.05) is 12.1 Å². The van der Waals surface area contributed by atoms with Gasteiger partial charge in [-0.2, -0.15) is 4.37 Å². The van der Waals surface area contributed by atoms with Crippen LogP contribution < -0.4 is 0 Å². The van der Waals surface area contributed by atoms with Gasteiger partial charge in [0.1, 0.15) is 5.82 Å². The Balaban J connectivity index is 2.42. The van der Waals surface area contributed by atoms with Gasteiger partial charge in [0, 0.05) is 0 Å². The van der Waals surface area contributed by atoms with Crippen LogP contribution in [-0.4, -0.2) is 9.36 Å². The summed E-state index contributed by atoms with van der Waals surface area (Å²) >= 11 is 4.60. The molecule has 16 heavy (non-hydrogen) atoms. The summed E-state index contributed by atoms with van der Waals surface area (Å²) in [4.78, 5) is 4.31. The van der Waals surface area contributed by atoms with Crippen molar-refractivity contribution in [3.63, 3.8) is 0 Å². The van der Waals surface area contributed by atoms with Gasteiger partial charge >= 0.3 is 0 Å². The molecule has 0 saturated heterocycles. The lowest BCUT2D eigenvalue weighted by atomic mass is 9.84. The fourth-order valence-corrected chi connectivity index (χ4v) is 2.40. The van der Waals surface area contributed by atoms with Crippen molar-refractivity contribution >= 4 is 27.5 Å². The van der Waals surface area contributed by atoms with Gasteiger partial charge in [-0.3, -0.25) is 0 Å². The lowest BCUT2D eigenvalue weighted by Crippen LogP contribution is -2.20. The number of rotatable bonds is 2. The summed E-state index contributed by atoms with van der Waals surface area (Å²) in [6.07, 6.45) is 0. The summed E-state index contributed by atoms with van der Waals surface area (Å²) < 4.78 is 17.9. The Morgan fingerprint density at radius 3 is 2.38 bits per heavy atom. The highest BCUT2D eigenvalue weighted by molar-refractivity contribution is 9.11. The van der Waals surface area contributed by atoms with Crippen LogP contribution in [0.5, 0.6) is 0 Å². The van der Waals surface area contributed by atoms with Crippen LogP contribution >= 0.6 is 27.5 Å². The molecule has 0 aliphatic carbocycles. The largest absolute Gasteiger partial charge is 0.212 e. The molecule has 0 N–H and O–H groups in total. The summed E-state index contributed by atoms with van der Waals surface area (Å²) in [7, 11) is 0. The monoisotopic (exact) mass is 300 g/mol. The minimum atomic E-state index is -0.309. The van der Waals surface area contributed by atoms with E-state index in [-0.39, 0.29) is 11.2 Å². The van der Waals surface area contributed by atoms with E-state index in [1.807, 2.05) is 13.8 Å². The van der Waals surface area contributed by atoms with E-state index in [1.165, 1.54) is 23.7 Å². The second-order valence-corrected chi connectivity index (χ2v) is 6.03. The molecular weight excluding hydrogens is 291 g/mol. The van der Waals surface area contributed by atoms with Crippen molar-refractivity contribution in [3.8, 4) is 0 Å². The Kier molecular flexibility index (Phi) is 3.08. The van der Waals surface area contributed by atoms with E-state index in [4.69, 9.17) is 0 Å². The van der Waals surface area contributed by atoms with Crippen molar-refractivity contribution in [3.05, 3.63) is 45.4 Å².